The summed E-state index contributed by atoms with van der Waals surface area (Å²) in [5, 5.41) is 8.28. The molecule has 0 amide bonds. The molecule has 4 rings (SSSR count). The van der Waals surface area contributed by atoms with Crippen molar-refractivity contribution >= 4 is 55.2 Å². The minimum atomic E-state index is -3.27. The van der Waals surface area contributed by atoms with Crippen molar-refractivity contribution in [3.8, 4) is 16.9 Å². The lowest BCUT2D eigenvalue weighted by Crippen LogP contribution is -2.07. The minimum Gasteiger partial charge on any atom is -0.537 e. The van der Waals surface area contributed by atoms with Crippen LogP contribution in [0.4, 0.5) is 8.78 Å². The van der Waals surface area contributed by atoms with Crippen molar-refractivity contribution in [3.05, 3.63) is 112 Å². The van der Waals surface area contributed by atoms with E-state index in [-0.39, 0.29) is 34.1 Å². The second kappa shape index (κ2) is 18.4. The van der Waals surface area contributed by atoms with Gasteiger partial charge in [0.25, 0.3) is 0 Å². The highest BCUT2D eigenvalue weighted by Gasteiger charge is 2.15. The van der Waals surface area contributed by atoms with E-state index in [2.05, 4.69) is 25.3 Å². The van der Waals surface area contributed by atoms with Crippen molar-refractivity contribution in [2.45, 2.75) is 23.6 Å². The van der Waals surface area contributed by atoms with Crippen LogP contribution in [0.3, 0.4) is 0 Å². The van der Waals surface area contributed by atoms with Gasteiger partial charge in [-0.2, -0.15) is 0 Å². The zero-order valence-electron chi connectivity index (χ0n) is 26.1. The first kappa shape index (κ1) is 40.1. The Labute approximate surface area is 286 Å². The maximum absolute atomic E-state index is 14.0. The standard InChI is InChI=1S/C16H15FO4S.C9H8BrFO2.C7H8BO4S/c1-3-21-16(18)14-9-6-12(10-15(14)17)11-4-7-13(8-5-11)22(2,19)20;1-2-13-9(12)7-4-3-6(10)5-8(7)11;1-13(10,11)7-4-2-6(3-5-7)12-8-9/h4-10H,3H2,1-2H3;3-5H,2H2,1H3;2-5,9H,1H3. The molecule has 48 heavy (non-hydrogen) atoms. The van der Waals surface area contributed by atoms with Gasteiger partial charge in [0.1, 0.15) is 17.4 Å². The third kappa shape index (κ3) is 12.5. The lowest BCUT2D eigenvalue weighted by molar-refractivity contribution is 0.0511. The zero-order valence-corrected chi connectivity index (χ0v) is 29.4. The summed E-state index contributed by atoms with van der Waals surface area (Å²) in [6.45, 7) is 3.74. The molecule has 0 heterocycles. The lowest BCUT2D eigenvalue weighted by Gasteiger charge is -2.07. The van der Waals surface area contributed by atoms with Crippen molar-refractivity contribution in [1.29, 1.82) is 0 Å². The monoisotopic (exact) mass is 767 g/mol. The fraction of sp³-hybridized carbons (Fsp3) is 0.188. The van der Waals surface area contributed by atoms with Gasteiger partial charge in [0, 0.05) is 17.0 Å². The van der Waals surface area contributed by atoms with E-state index in [1.807, 2.05) is 0 Å². The Bertz CT molecular complexity index is 1920. The Morgan fingerprint density at radius 3 is 1.50 bits per heavy atom. The molecular weight excluding hydrogens is 737 g/mol. The molecule has 10 nitrogen and oxygen atoms in total. The fourth-order valence-corrected chi connectivity index (χ4v) is 5.25. The summed E-state index contributed by atoms with van der Waals surface area (Å²) < 4.78 is 86.5. The van der Waals surface area contributed by atoms with Crippen LogP contribution in [0.15, 0.2) is 99.2 Å². The Balaban J connectivity index is 0.000000266. The third-order valence-electron chi connectivity index (χ3n) is 5.95. The van der Waals surface area contributed by atoms with Gasteiger partial charge >= 0.3 is 19.6 Å². The molecule has 255 valence electrons. The number of halogens is 3. The van der Waals surface area contributed by atoms with E-state index in [1.54, 1.807) is 38.1 Å². The molecule has 0 bridgehead atoms. The molecule has 0 saturated carbocycles. The van der Waals surface area contributed by atoms with Gasteiger partial charge in [0.2, 0.25) is 0 Å². The van der Waals surface area contributed by atoms with Crippen LogP contribution in [-0.2, 0) is 29.1 Å². The predicted molar refractivity (Wildman–Crippen MR) is 179 cm³/mol. The Morgan fingerprint density at radius 2 is 1.10 bits per heavy atom. The highest BCUT2D eigenvalue weighted by Crippen LogP contribution is 2.24. The van der Waals surface area contributed by atoms with E-state index < -0.39 is 43.2 Å². The summed E-state index contributed by atoms with van der Waals surface area (Å²) in [4.78, 5) is 23.1. The van der Waals surface area contributed by atoms with E-state index in [9.17, 15) is 35.2 Å². The van der Waals surface area contributed by atoms with Crippen molar-refractivity contribution < 1.29 is 54.4 Å². The maximum Gasteiger partial charge on any atom is 0.569 e. The van der Waals surface area contributed by atoms with E-state index in [0.717, 1.165) is 12.5 Å². The van der Waals surface area contributed by atoms with Crippen LogP contribution in [0, 0.1) is 11.6 Å². The van der Waals surface area contributed by atoms with E-state index in [0.29, 0.717) is 29.0 Å². The smallest absolute Gasteiger partial charge is 0.537 e. The van der Waals surface area contributed by atoms with Crippen molar-refractivity contribution in [2.75, 3.05) is 25.7 Å². The lowest BCUT2D eigenvalue weighted by atomic mass is 10.0. The van der Waals surface area contributed by atoms with Gasteiger partial charge in [0.15, 0.2) is 19.7 Å². The van der Waals surface area contributed by atoms with Crippen LogP contribution in [0.5, 0.6) is 5.75 Å². The molecule has 1 N–H and O–H groups in total. The molecule has 0 aliphatic heterocycles. The van der Waals surface area contributed by atoms with Crippen LogP contribution in [0.1, 0.15) is 34.6 Å². The second-order valence-electron chi connectivity index (χ2n) is 9.52. The minimum absolute atomic E-state index is 0.0370. The van der Waals surface area contributed by atoms with E-state index in [4.69, 9.17) is 9.76 Å². The molecule has 0 spiro atoms. The summed E-state index contributed by atoms with van der Waals surface area (Å²) in [6.07, 6.45) is 2.25. The first-order chi connectivity index (χ1) is 22.5. The maximum atomic E-state index is 14.0. The Kier molecular flexibility index (Phi) is 15.4. The number of ether oxygens (including phenoxy) is 2. The van der Waals surface area contributed by atoms with Gasteiger partial charge in [-0.3, -0.25) is 0 Å². The highest BCUT2D eigenvalue weighted by molar-refractivity contribution is 9.10. The summed E-state index contributed by atoms with van der Waals surface area (Å²) in [6, 6.07) is 20.2. The summed E-state index contributed by atoms with van der Waals surface area (Å²) in [5.41, 5.74) is 1.04. The number of benzene rings is 4. The first-order valence-corrected chi connectivity index (χ1v) is 18.4. The SMILES string of the molecule is CCOC(=O)c1ccc(-c2ccc(S(C)(=O)=O)cc2)cc1F.CCOC(=O)c1ccc(Br)cc1F.CS(=O)(=O)c1ccc(O[B]O)cc1. The molecule has 0 aromatic heterocycles. The molecule has 4 aromatic carbocycles. The molecule has 0 aliphatic rings. The second-order valence-corrected chi connectivity index (χ2v) is 14.5. The van der Waals surface area contributed by atoms with E-state index >= 15 is 0 Å². The summed E-state index contributed by atoms with van der Waals surface area (Å²) in [7, 11) is -5.90. The average molecular weight is 768 g/mol. The van der Waals surface area contributed by atoms with Crippen molar-refractivity contribution in [1.82, 2.24) is 0 Å². The molecule has 16 heteroatoms. The van der Waals surface area contributed by atoms with Gasteiger partial charge in [0.05, 0.1) is 34.1 Å². The molecule has 0 saturated heterocycles. The van der Waals surface area contributed by atoms with Crippen LogP contribution in [-0.4, -0.2) is 67.2 Å². The van der Waals surface area contributed by atoms with Gasteiger partial charge in [-0.1, -0.05) is 34.1 Å². The zero-order chi connectivity index (χ0) is 36.1. The van der Waals surface area contributed by atoms with Crippen LogP contribution in [0.25, 0.3) is 11.1 Å². The molecule has 1 radical (unpaired) electrons. The van der Waals surface area contributed by atoms with Crippen molar-refractivity contribution in [3.63, 3.8) is 0 Å². The van der Waals surface area contributed by atoms with Gasteiger partial charge in [-0.15, -0.1) is 0 Å². The number of sulfone groups is 2. The van der Waals surface area contributed by atoms with Crippen LogP contribution in [0.2, 0.25) is 0 Å². The topological polar surface area (TPSA) is 150 Å². The largest absolute Gasteiger partial charge is 0.569 e. The molecule has 0 fully saturated rings. The van der Waals surface area contributed by atoms with Gasteiger partial charge in [-0.25, -0.2) is 35.2 Å². The van der Waals surface area contributed by atoms with Crippen LogP contribution < -0.4 is 4.65 Å². The van der Waals surface area contributed by atoms with E-state index in [1.165, 1.54) is 60.7 Å². The normalized spacial score (nSPS) is 10.8. The number of rotatable bonds is 9. The number of carbonyl (C=O) groups excluding carboxylic acids is 2. The summed E-state index contributed by atoms with van der Waals surface area (Å²) >= 11 is 3.09. The first-order valence-electron chi connectivity index (χ1n) is 13.8. The third-order valence-corrected chi connectivity index (χ3v) is 8.70. The van der Waals surface area contributed by atoms with Gasteiger partial charge in [-0.05, 0) is 91.7 Å². The average Bonchev–Trinajstić information content (AvgIpc) is 3.01. The Hall–Kier alpha value is -4.12. The molecule has 4 aromatic rings. The number of carbonyl (C=O) groups is 2. The molecule has 0 unspecified atom stereocenters. The number of hydrogen-bond acceptors (Lipinski definition) is 10. The van der Waals surface area contributed by atoms with Crippen LogP contribution >= 0.6 is 15.9 Å². The summed E-state index contributed by atoms with van der Waals surface area (Å²) in [5.74, 6) is -2.21. The van der Waals surface area contributed by atoms with Gasteiger partial charge < -0.3 is 19.2 Å². The highest BCUT2D eigenvalue weighted by atomic mass is 79.9. The number of esters is 2. The van der Waals surface area contributed by atoms with Crippen molar-refractivity contribution in [2.24, 2.45) is 0 Å². The Morgan fingerprint density at radius 1 is 0.688 bits per heavy atom. The number of hydrogen-bond donors (Lipinski definition) is 1. The fourth-order valence-electron chi connectivity index (χ4n) is 3.65. The molecule has 0 aliphatic carbocycles. The molecule has 0 atom stereocenters. The predicted octanol–water partition coefficient (Wildman–Crippen LogP) is 5.83. The molecular formula is C32H31BBrF2O10S2. The quantitative estimate of drug-likeness (QED) is 0.163.